The van der Waals surface area contributed by atoms with E-state index in [1.54, 1.807) is 7.11 Å². The molecule has 1 aliphatic rings. The highest BCUT2D eigenvalue weighted by atomic mass is 16.5. The number of aliphatic carboxylic acids is 4. The van der Waals surface area contributed by atoms with Gasteiger partial charge in [0.05, 0.1) is 18.1 Å². The zero-order valence-corrected chi connectivity index (χ0v) is 19.3. The van der Waals surface area contributed by atoms with Crippen LogP contribution in [0.4, 0.5) is 5.95 Å². The van der Waals surface area contributed by atoms with Crippen molar-refractivity contribution >= 4 is 40.9 Å². The zero-order chi connectivity index (χ0) is 25.8. The molecule has 2 aromatic rings. The lowest BCUT2D eigenvalue weighted by atomic mass is 10.2. The fraction of sp³-hybridized carbons (Fsp3) is 0.476. The summed E-state index contributed by atoms with van der Waals surface area (Å²) in [5.41, 5.74) is 2.24. The van der Waals surface area contributed by atoms with Crippen molar-refractivity contribution in [2.24, 2.45) is 0 Å². The van der Waals surface area contributed by atoms with Crippen LogP contribution in [0.2, 0.25) is 0 Å². The molecule has 13 nitrogen and oxygen atoms in total. The molecule has 1 aromatic carbocycles. The first-order valence-corrected chi connectivity index (χ1v) is 10.5. The average Bonchev–Trinajstić information content (AvgIpc) is 3.18. The Bertz CT molecular complexity index is 954. The highest BCUT2D eigenvalue weighted by molar-refractivity contribution is 6.27. The van der Waals surface area contributed by atoms with Gasteiger partial charge < -0.3 is 39.5 Å². The maximum Gasteiger partial charge on any atom is 0.414 e. The number of anilines is 1. The van der Waals surface area contributed by atoms with E-state index in [1.165, 1.54) is 11.9 Å². The van der Waals surface area contributed by atoms with Crippen LogP contribution in [0.1, 0.15) is 20.3 Å². The van der Waals surface area contributed by atoms with Crippen molar-refractivity contribution in [2.45, 2.75) is 26.8 Å². The molecule has 13 heteroatoms. The van der Waals surface area contributed by atoms with Crippen LogP contribution < -0.4 is 9.64 Å². The van der Waals surface area contributed by atoms with Crippen molar-refractivity contribution in [1.82, 2.24) is 14.5 Å². The van der Waals surface area contributed by atoms with E-state index in [-0.39, 0.29) is 0 Å². The molecule has 4 N–H and O–H groups in total. The summed E-state index contributed by atoms with van der Waals surface area (Å²) in [5, 5.41) is 29.6. The van der Waals surface area contributed by atoms with Gasteiger partial charge in [0.2, 0.25) is 5.95 Å². The van der Waals surface area contributed by atoms with E-state index in [0.29, 0.717) is 0 Å². The number of aromatic nitrogens is 2. The van der Waals surface area contributed by atoms with E-state index in [2.05, 4.69) is 34.3 Å². The molecule has 0 saturated heterocycles. The maximum atomic E-state index is 9.10. The van der Waals surface area contributed by atoms with Crippen molar-refractivity contribution in [3.05, 3.63) is 18.2 Å². The van der Waals surface area contributed by atoms with Crippen molar-refractivity contribution in [1.29, 1.82) is 0 Å². The number of ether oxygens (including phenoxy) is 1. The number of fused-ring (bicyclic) bond motifs is 3. The van der Waals surface area contributed by atoms with Gasteiger partial charge in [-0.3, -0.25) is 0 Å². The molecule has 3 rings (SSSR count). The number of carbonyl (C=O) groups is 4. The molecular weight excluding hydrogens is 452 g/mol. The van der Waals surface area contributed by atoms with Crippen molar-refractivity contribution < 1.29 is 44.3 Å². The Hall–Kier alpha value is -3.87. The molecule has 1 aromatic heterocycles. The second-order valence-corrected chi connectivity index (χ2v) is 7.01. The number of hydrogen-bond acceptors (Lipinski definition) is 8. The third kappa shape index (κ3) is 8.24. The molecule has 188 valence electrons. The molecule has 0 amide bonds. The molecule has 0 unspecified atom stereocenters. The Labute approximate surface area is 195 Å². The van der Waals surface area contributed by atoms with E-state index in [1.807, 2.05) is 12.1 Å². The van der Waals surface area contributed by atoms with Crippen LogP contribution in [-0.2, 0) is 25.7 Å². The summed E-state index contributed by atoms with van der Waals surface area (Å²) >= 11 is 0. The minimum absolute atomic E-state index is 0.873. The van der Waals surface area contributed by atoms with E-state index in [0.717, 1.165) is 56.5 Å². The van der Waals surface area contributed by atoms with Gasteiger partial charge in [0.15, 0.2) is 0 Å². The Balaban J connectivity index is 0.000000401. The quantitative estimate of drug-likeness (QED) is 0.428. The number of methoxy groups -OCH3 is 1. The summed E-state index contributed by atoms with van der Waals surface area (Å²) in [6.45, 7) is 11.0. The predicted octanol–water partition coefficient (Wildman–Crippen LogP) is 0.908. The number of carboxylic acid groups (broad SMARTS) is 4. The lowest BCUT2D eigenvalue weighted by Crippen LogP contribution is -2.39. The summed E-state index contributed by atoms with van der Waals surface area (Å²) in [6, 6.07) is 6.17. The minimum atomic E-state index is -1.82. The highest BCUT2D eigenvalue weighted by Gasteiger charge is 2.21. The van der Waals surface area contributed by atoms with Crippen molar-refractivity contribution in [3.8, 4) is 5.75 Å². The smallest absolute Gasteiger partial charge is 0.414 e. The van der Waals surface area contributed by atoms with Crippen LogP contribution in [0.15, 0.2) is 18.2 Å². The van der Waals surface area contributed by atoms with E-state index in [9.17, 15) is 0 Å². The first kappa shape index (κ1) is 28.2. The summed E-state index contributed by atoms with van der Waals surface area (Å²) < 4.78 is 7.67. The lowest BCUT2D eigenvalue weighted by Gasteiger charge is -2.31. The molecule has 0 aliphatic carbocycles. The van der Waals surface area contributed by atoms with E-state index < -0.39 is 23.9 Å². The number of likely N-dealkylation sites (N-methyl/N-ethyl adjacent to an activating group) is 1. The molecule has 0 saturated carbocycles. The van der Waals surface area contributed by atoms with Gasteiger partial charge in [-0.1, -0.05) is 13.8 Å². The van der Waals surface area contributed by atoms with Gasteiger partial charge in [-0.25, -0.2) is 24.2 Å². The number of nitrogens with zero attached hydrogens (tertiary/aromatic N) is 4. The summed E-state index contributed by atoms with van der Waals surface area (Å²) in [6.07, 6.45) is 1.18. The Morgan fingerprint density at radius 2 is 1.53 bits per heavy atom. The largest absolute Gasteiger partial charge is 0.497 e. The van der Waals surface area contributed by atoms with Gasteiger partial charge in [0, 0.05) is 32.2 Å². The number of rotatable bonds is 6. The van der Waals surface area contributed by atoms with Crippen LogP contribution in [0.25, 0.3) is 11.0 Å². The highest BCUT2D eigenvalue weighted by Crippen LogP contribution is 2.28. The second kappa shape index (κ2) is 13.6. The standard InChI is InChI=1S/C17H26N4O.2C2H2O4/c1-4-19(5-2)11-12-20-9-6-10-21-16-8-7-14(22-3)13-15(16)18-17(20)21;2*3-1(4)2(5)6/h7-8,13H,4-6,9-12H2,1-3H3;2*(H,3,4)(H,5,6). The third-order valence-corrected chi connectivity index (χ3v) is 4.97. The van der Waals surface area contributed by atoms with Crippen molar-refractivity contribution in [2.75, 3.05) is 44.7 Å². The van der Waals surface area contributed by atoms with Gasteiger partial charge in [-0.05, 0) is 31.6 Å². The fourth-order valence-electron chi connectivity index (χ4n) is 3.22. The van der Waals surface area contributed by atoms with Gasteiger partial charge in [-0.15, -0.1) is 0 Å². The van der Waals surface area contributed by atoms with Crippen molar-refractivity contribution in [3.63, 3.8) is 0 Å². The fourth-order valence-corrected chi connectivity index (χ4v) is 3.22. The number of carboxylic acids is 4. The molecular formula is C21H30N4O9. The minimum Gasteiger partial charge on any atom is -0.497 e. The Morgan fingerprint density at radius 3 is 2.00 bits per heavy atom. The second-order valence-electron chi connectivity index (χ2n) is 7.01. The van der Waals surface area contributed by atoms with E-state index >= 15 is 0 Å². The molecule has 2 heterocycles. The lowest BCUT2D eigenvalue weighted by molar-refractivity contribution is -0.159. The summed E-state index contributed by atoms with van der Waals surface area (Å²) in [4.78, 5) is 46.1. The van der Waals surface area contributed by atoms with Gasteiger partial charge >= 0.3 is 23.9 Å². The SMILES string of the molecule is CCN(CC)CCN1CCCn2c1nc1cc(OC)ccc12.O=C(O)C(=O)O.O=C(O)C(=O)O. The summed E-state index contributed by atoms with van der Waals surface area (Å²) in [5.74, 6) is -5.31. The van der Waals surface area contributed by atoms with Crippen LogP contribution >= 0.6 is 0 Å². The Morgan fingerprint density at radius 1 is 0.971 bits per heavy atom. The van der Waals surface area contributed by atoms with Crippen LogP contribution in [0.3, 0.4) is 0 Å². The number of benzene rings is 1. The first-order valence-electron chi connectivity index (χ1n) is 10.5. The third-order valence-electron chi connectivity index (χ3n) is 4.97. The molecule has 0 fully saturated rings. The molecule has 0 radical (unpaired) electrons. The molecule has 0 bridgehead atoms. The van der Waals surface area contributed by atoms with Gasteiger partial charge in [0.25, 0.3) is 0 Å². The Kier molecular flexibility index (Phi) is 11.3. The first-order chi connectivity index (χ1) is 16.0. The van der Waals surface area contributed by atoms with Crippen LogP contribution in [0.5, 0.6) is 5.75 Å². The van der Waals surface area contributed by atoms with Crippen LogP contribution in [-0.4, -0.2) is 98.6 Å². The predicted molar refractivity (Wildman–Crippen MR) is 121 cm³/mol. The van der Waals surface area contributed by atoms with Crippen LogP contribution in [0, 0.1) is 0 Å². The monoisotopic (exact) mass is 482 g/mol. The molecule has 0 atom stereocenters. The number of aryl methyl sites for hydroxylation is 1. The molecule has 34 heavy (non-hydrogen) atoms. The molecule has 1 aliphatic heterocycles. The average molecular weight is 482 g/mol. The normalized spacial score (nSPS) is 12.1. The maximum absolute atomic E-state index is 9.10. The molecule has 0 spiro atoms. The van der Waals surface area contributed by atoms with E-state index in [4.69, 9.17) is 49.3 Å². The topological polar surface area (TPSA) is 183 Å². The number of imidazole rings is 1. The number of hydrogen-bond donors (Lipinski definition) is 4. The summed E-state index contributed by atoms with van der Waals surface area (Å²) in [7, 11) is 1.70. The zero-order valence-electron chi connectivity index (χ0n) is 19.3. The van der Waals surface area contributed by atoms with Gasteiger partial charge in [0.1, 0.15) is 5.75 Å². The van der Waals surface area contributed by atoms with Gasteiger partial charge in [-0.2, -0.15) is 0 Å².